The molecule has 0 saturated carbocycles. The summed E-state index contributed by atoms with van der Waals surface area (Å²) in [5, 5.41) is 13.2. The standard InChI is InChI=1S/C16H18N2O4/c1-22-15(21)18-11-8-16(13(18)7-6-12(11)19)9-4-2-3-5-10(9)17-14(16)20/h2-5,11-13,19H,6-8H2,1H3,(H,17,20)/t11-,12+,13-,16-/m0/s1. The lowest BCUT2D eigenvalue weighted by atomic mass is 9.74. The van der Waals surface area contributed by atoms with Crippen molar-refractivity contribution in [3.63, 3.8) is 0 Å². The first-order chi connectivity index (χ1) is 10.6. The van der Waals surface area contributed by atoms with Gasteiger partial charge in [0.25, 0.3) is 0 Å². The average molecular weight is 302 g/mol. The van der Waals surface area contributed by atoms with Crippen LogP contribution in [0.2, 0.25) is 0 Å². The van der Waals surface area contributed by atoms with Crippen LogP contribution in [0.1, 0.15) is 24.8 Å². The topological polar surface area (TPSA) is 78.9 Å². The number of hydrogen-bond donors (Lipinski definition) is 2. The van der Waals surface area contributed by atoms with Gasteiger partial charge in [-0.05, 0) is 30.9 Å². The molecule has 2 bridgehead atoms. The molecule has 0 aromatic heterocycles. The summed E-state index contributed by atoms with van der Waals surface area (Å²) in [5.74, 6) is -0.0794. The molecule has 1 aromatic rings. The lowest BCUT2D eigenvalue weighted by Gasteiger charge is -2.38. The second-order valence-electron chi connectivity index (χ2n) is 6.28. The molecule has 1 spiro atoms. The molecule has 2 amide bonds. The number of para-hydroxylation sites is 1. The lowest BCUT2D eigenvalue weighted by Crippen LogP contribution is -2.54. The summed E-state index contributed by atoms with van der Waals surface area (Å²) < 4.78 is 4.89. The summed E-state index contributed by atoms with van der Waals surface area (Å²) in [5.41, 5.74) is 0.960. The van der Waals surface area contributed by atoms with Gasteiger partial charge in [0.05, 0.1) is 30.7 Å². The zero-order valence-corrected chi connectivity index (χ0v) is 12.3. The molecule has 3 aliphatic rings. The summed E-state index contributed by atoms with van der Waals surface area (Å²) >= 11 is 0. The van der Waals surface area contributed by atoms with Gasteiger partial charge in [-0.2, -0.15) is 0 Å². The van der Waals surface area contributed by atoms with Crippen molar-refractivity contribution >= 4 is 17.7 Å². The molecular weight excluding hydrogens is 284 g/mol. The van der Waals surface area contributed by atoms with Gasteiger partial charge < -0.3 is 15.2 Å². The molecule has 6 heteroatoms. The Morgan fingerprint density at radius 2 is 2.18 bits per heavy atom. The van der Waals surface area contributed by atoms with Gasteiger partial charge in [-0.25, -0.2) is 4.79 Å². The molecule has 2 saturated heterocycles. The minimum Gasteiger partial charge on any atom is -0.453 e. The van der Waals surface area contributed by atoms with E-state index in [2.05, 4.69) is 5.32 Å². The van der Waals surface area contributed by atoms with Crippen molar-refractivity contribution in [3.05, 3.63) is 29.8 Å². The number of aliphatic hydroxyl groups is 1. The number of methoxy groups -OCH3 is 1. The number of ether oxygens (including phenoxy) is 1. The molecule has 3 aliphatic heterocycles. The van der Waals surface area contributed by atoms with E-state index in [1.807, 2.05) is 24.3 Å². The molecule has 0 unspecified atom stereocenters. The van der Waals surface area contributed by atoms with Crippen LogP contribution in [0, 0.1) is 0 Å². The quantitative estimate of drug-likeness (QED) is 0.756. The number of amides is 2. The van der Waals surface area contributed by atoms with Gasteiger partial charge in [0.2, 0.25) is 5.91 Å². The highest BCUT2D eigenvalue weighted by Crippen LogP contribution is 2.54. The SMILES string of the molecule is COC(=O)N1[C@H]2CC[C@@H](O)[C@@H]1C[C@@]21C(=O)Nc2ccccc21. The maximum atomic E-state index is 12.8. The van der Waals surface area contributed by atoms with Crippen LogP contribution in [0.5, 0.6) is 0 Å². The molecule has 116 valence electrons. The van der Waals surface area contributed by atoms with Crippen molar-refractivity contribution in [2.24, 2.45) is 0 Å². The summed E-state index contributed by atoms with van der Waals surface area (Å²) in [6.07, 6.45) is 0.545. The maximum Gasteiger partial charge on any atom is 0.410 e. The Labute approximate surface area is 128 Å². The van der Waals surface area contributed by atoms with Crippen LogP contribution in [0.3, 0.4) is 0 Å². The van der Waals surface area contributed by atoms with Crippen LogP contribution in [-0.2, 0) is 14.9 Å². The Morgan fingerprint density at radius 3 is 2.95 bits per heavy atom. The predicted octanol–water partition coefficient (Wildman–Crippen LogP) is 1.24. The van der Waals surface area contributed by atoms with Crippen molar-refractivity contribution in [2.75, 3.05) is 12.4 Å². The van der Waals surface area contributed by atoms with Crippen molar-refractivity contribution in [3.8, 4) is 0 Å². The highest BCUT2D eigenvalue weighted by molar-refractivity contribution is 6.07. The number of carbonyl (C=O) groups is 2. The fourth-order valence-electron chi connectivity index (χ4n) is 4.50. The first kappa shape index (κ1) is 13.6. The number of rotatable bonds is 0. The molecule has 3 heterocycles. The van der Waals surface area contributed by atoms with E-state index in [4.69, 9.17) is 4.74 Å². The number of nitrogens with zero attached hydrogens (tertiary/aromatic N) is 1. The summed E-state index contributed by atoms with van der Waals surface area (Å²) in [6, 6.07) is 6.97. The minimum atomic E-state index is -0.771. The molecule has 0 radical (unpaired) electrons. The van der Waals surface area contributed by atoms with Gasteiger partial charge in [-0.1, -0.05) is 18.2 Å². The molecule has 1 aromatic carbocycles. The largest absolute Gasteiger partial charge is 0.453 e. The molecule has 4 atom stereocenters. The third-order valence-corrected chi connectivity index (χ3v) is 5.42. The summed E-state index contributed by atoms with van der Waals surface area (Å²) in [4.78, 5) is 26.6. The van der Waals surface area contributed by atoms with Crippen LogP contribution in [0.4, 0.5) is 10.5 Å². The van der Waals surface area contributed by atoms with Gasteiger partial charge in [0.15, 0.2) is 0 Å². The van der Waals surface area contributed by atoms with Gasteiger partial charge in [0, 0.05) is 5.69 Å². The van der Waals surface area contributed by atoms with Crippen molar-refractivity contribution in [1.29, 1.82) is 0 Å². The number of benzene rings is 1. The van der Waals surface area contributed by atoms with E-state index in [1.54, 1.807) is 4.90 Å². The van der Waals surface area contributed by atoms with Crippen LogP contribution in [0.15, 0.2) is 24.3 Å². The zero-order valence-electron chi connectivity index (χ0n) is 12.3. The number of carbonyl (C=O) groups excluding carboxylic acids is 2. The molecule has 6 nitrogen and oxygen atoms in total. The number of hydrogen-bond acceptors (Lipinski definition) is 4. The number of anilines is 1. The number of piperidine rings is 1. The second kappa shape index (κ2) is 4.46. The third-order valence-electron chi connectivity index (χ3n) is 5.42. The van der Waals surface area contributed by atoms with Crippen LogP contribution < -0.4 is 5.32 Å². The Hall–Kier alpha value is -2.08. The predicted molar refractivity (Wildman–Crippen MR) is 78.4 cm³/mol. The molecule has 2 N–H and O–H groups in total. The van der Waals surface area contributed by atoms with Crippen molar-refractivity contribution < 1.29 is 19.4 Å². The van der Waals surface area contributed by atoms with E-state index in [9.17, 15) is 14.7 Å². The van der Waals surface area contributed by atoms with E-state index < -0.39 is 17.6 Å². The first-order valence-corrected chi connectivity index (χ1v) is 7.55. The molecule has 4 rings (SSSR count). The fraction of sp³-hybridized carbons (Fsp3) is 0.500. The summed E-state index contributed by atoms with van der Waals surface area (Å²) in [6.45, 7) is 0. The van der Waals surface area contributed by atoms with E-state index >= 15 is 0 Å². The Bertz CT molecular complexity index is 661. The van der Waals surface area contributed by atoms with E-state index in [0.29, 0.717) is 19.3 Å². The van der Waals surface area contributed by atoms with E-state index in [1.165, 1.54) is 7.11 Å². The van der Waals surface area contributed by atoms with Crippen molar-refractivity contribution in [1.82, 2.24) is 4.90 Å². The van der Waals surface area contributed by atoms with E-state index in [-0.39, 0.29) is 18.0 Å². The Balaban J connectivity index is 1.87. The maximum absolute atomic E-state index is 12.8. The van der Waals surface area contributed by atoms with Gasteiger partial charge >= 0.3 is 6.09 Å². The smallest absolute Gasteiger partial charge is 0.410 e. The van der Waals surface area contributed by atoms with Crippen molar-refractivity contribution in [2.45, 2.75) is 42.9 Å². The first-order valence-electron chi connectivity index (χ1n) is 7.55. The lowest BCUT2D eigenvalue weighted by molar-refractivity contribution is -0.121. The summed E-state index contributed by atoms with van der Waals surface area (Å²) in [7, 11) is 1.33. The number of fused-ring (bicyclic) bond motifs is 5. The highest BCUT2D eigenvalue weighted by atomic mass is 16.5. The minimum absolute atomic E-state index is 0.0794. The normalized spacial score (nSPS) is 35.5. The van der Waals surface area contributed by atoms with Gasteiger partial charge in [-0.3, -0.25) is 9.69 Å². The van der Waals surface area contributed by atoms with Crippen LogP contribution in [0.25, 0.3) is 0 Å². The third kappa shape index (κ3) is 1.48. The highest BCUT2D eigenvalue weighted by Gasteiger charge is 2.65. The molecular formula is C16H18N2O4. The van der Waals surface area contributed by atoms with Crippen LogP contribution >= 0.6 is 0 Å². The number of nitrogens with one attached hydrogen (secondary N) is 1. The molecule has 2 fully saturated rings. The fourth-order valence-corrected chi connectivity index (χ4v) is 4.50. The monoisotopic (exact) mass is 302 g/mol. The second-order valence-corrected chi connectivity index (χ2v) is 6.28. The van der Waals surface area contributed by atoms with Crippen LogP contribution in [-0.4, -0.2) is 47.3 Å². The average Bonchev–Trinajstić information content (AvgIpc) is 2.96. The van der Waals surface area contributed by atoms with E-state index in [0.717, 1.165) is 11.3 Å². The van der Waals surface area contributed by atoms with Gasteiger partial charge in [-0.15, -0.1) is 0 Å². The zero-order chi connectivity index (χ0) is 15.5. The molecule has 22 heavy (non-hydrogen) atoms. The Morgan fingerprint density at radius 1 is 1.41 bits per heavy atom. The number of aliphatic hydroxyl groups excluding tert-OH is 1. The van der Waals surface area contributed by atoms with Gasteiger partial charge in [0.1, 0.15) is 0 Å². The molecule has 0 aliphatic carbocycles. The Kier molecular flexibility index (Phi) is 2.75.